The predicted octanol–water partition coefficient (Wildman–Crippen LogP) is 0.115. The quantitative estimate of drug-likeness (QED) is 0.650. The SMILES string of the molecule is CCNC(=O)C1CCN(C(=O)C(N)CCCOC)CC1. The van der Waals surface area contributed by atoms with Gasteiger partial charge < -0.3 is 20.7 Å². The number of carbonyl (C=O) groups excluding carboxylic acids is 2. The van der Waals surface area contributed by atoms with E-state index in [1.807, 2.05) is 6.92 Å². The maximum absolute atomic E-state index is 12.2. The van der Waals surface area contributed by atoms with E-state index in [1.165, 1.54) is 0 Å². The summed E-state index contributed by atoms with van der Waals surface area (Å²) in [5.74, 6) is 0.128. The molecule has 0 aromatic heterocycles. The normalized spacial score (nSPS) is 17.9. The number of methoxy groups -OCH3 is 1. The predicted molar refractivity (Wildman–Crippen MR) is 77.1 cm³/mol. The van der Waals surface area contributed by atoms with Crippen molar-refractivity contribution >= 4 is 11.8 Å². The molecule has 0 aromatic carbocycles. The van der Waals surface area contributed by atoms with Crippen molar-refractivity contribution in [1.29, 1.82) is 0 Å². The molecule has 3 N–H and O–H groups in total. The van der Waals surface area contributed by atoms with Crippen molar-refractivity contribution in [3.8, 4) is 0 Å². The van der Waals surface area contributed by atoms with Crippen LogP contribution in [-0.4, -0.2) is 56.1 Å². The Morgan fingerprint density at radius 1 is 1.40 bits per heavy atom. The zero-order valence-corrected chi connectivity index (χ0v) is 12.6. The molecule has 1 rings (SSSR count). The van der Waals surface area contributed by atoms with Crippen LogP contribution in [0.2, 0.25) is 0 Å². The number of nitrogens with one attached hydrogen (secondary N) is 1. The number of likely N-dealkylation sites (tertiary alicyclic amines) is 1. The molecule has 1 heterocycles. The summed E-state index contributed by atoms with van der Waals surface area (Å²) in [5.41, 5.74) is 5.90. The molecule has 1 atom stereocenters. The minimum atomic E-state index is -0.453. The third-order valence-corrected chi connectivity index (χ3v) is 3.71. The van der Waals surface area contributed by atoms with Crippen LogP contribution in [0.4, 0.5) is 0 Å². The lowest BCUT2D eigenvalue weighted by atomic mass is 9.95. The number of carbonyl (C=O) groups is 2. The molecule has 0 radical (unpaired) electrons. The summed E-state index contributed by atoms with van der Waals surface area (Å²) >= 11 is 0. The van der Waals surface area contributed by atoms with Crippen LogP contribution in [0, 0.1) is 5.92 Å². The molecule has 6 nitrogen and oxygen atoms in total. The molecular weight excluding hydrogens is 258 g/mol. The Morgan fingerprint density at radius 3 is 2.60 bits per heavy atom. The Balaban J connectivity index is 2.33. The Labute approximate surface area is 121 Å². The van der Waals surface area contributed by atoms with Crippen LogP contribution in [0.15, 0.2) is 0 Å². The number of hydrogen-bond donors (Lipinski definition) is 2. The van der Waals surface area contributed by atoms with Crippen molar-refractivity contribution in [3.63, 3.8) is 0 Å². The minimum Gasteiger partial charge on any atom is -0.385 e. The fourth-order valence-electron chi connectivity index (χ4n) is 2.49. The lowest BCUT2D eigenvalue weighted by molar-refractivity contribution is -0.136. The Hall–Kier alpha value is -1.14. The van der Waals surface area contributed by atoms with E-state index in [0.29, 0.717) is 32.7 Å². The highest BCUT2D eigenvalue weighted by molar-refractivity contribution is 5.82. The van der Waals surface area contributed by atoms with Gasteiger partial charge in [0.15, 0.2) is 0 Å². The third kappa shape index (κ3) is 5.09. The van der Waals surface area contributed by atoms with Crippen molar-refractivity contribution in [2.45, 2.75) is 38.6 Å². The summed E-state index contributed by atoms with van der Waals surface area (Å²) in [6, 6.07) is -0.453. The third-order valence-electron chi connectivity index (χ3n) is 3.71. The molecule has 1 unspecified atom stereocenters. The lowest BCUT2D eigenvalue weighted by Gasteiger charge is -2.32. The number of piperidine rings is 1. The van der Waals surface area contributed by atoms with Gasteiger partial charge in [0.1, 0.15) is 0 Å². The van der Waals surface area contributed by atoms with Gasteiger partial charge in [-0.3, -0.25) is 9.59 Å². The zero-order valence-electron chi connectivity index (χ0n) is 12.6. The second-order valence-corrected chi connectivity index (χ2v) is 5.24. The molecule has 1 aliphatic heterocycles. The number of nitrogens with two attached hydrogens (primary N) is 1. The van der Waals surface area contributed by atoms with E-state index in [4.69, 9.17) is 10.5 Å². The second kappa shape index (κ2) is 8.92. The van der Waals surface area contributed by atoms with Gasteiger partial charge in [-0.25, -0.2) is 0 Å². The molecule has 1 aliphatic rings. The molecule has 6 heteroatoms. The molecule has 0 aliphatic carbocycles. The summed E-state index contributed by atoms with van der Waals surface area (Å²) in [6.45, 7) is 4.44. The lowest BCUT2D eigenvalue weighted by Crippen LogP contribution is -2.48. The molecule has 0 bridgehead atoms. The smallest absolute Gasteiger partial charge is 0.239 e. The van der Waals surface area contributed by atoms with E-state index in [2.05, 4.69) is 5.32 Å². The van der Waals surface area contributed by atoms with E-state index in [-0.39, 0.29) is 17.7 Å². The van der Waals surface area contributed by atoms with Crippen LogP contribution >= 0.6 is 0 Å². The Bertz CT molecular complexity index is 315. The number of hydrogen-bond acceptors (Lipinski definition) is 4. The minimum absolute atomic E-state index is 0.00421. The molecule has 20 heavy (non-hydrogen) atoms. The number of rotatable bonds is 7. The van der Waals surface area contributed by atoms with Crippen LogP contribution in [0.5, 0.6) is 0 Å². The first-order valence-electron chi connectivity index (χ1n) is 7.41. The van der Waals surface area contributed by atoms with E-state index in [0.717, 1.165) is 19.3 Å². The number of nitrogens with zero attached hydrogens (tertiary/aromatic N) is 1. The molecule has 1 fully saturated rings. The van der Waals surface area contributed by atoms with Crippen LogP contribution < -0.4 is 11.1 Å². The highest BCUT2D eigenvalue weighted by Crippen LogP contribution is 2.18. The standard InChI is InChI=1S/C14H27N3O3/c1-3-16-13(18)11-6-8-17(9-7-11)14(19)12(15)5-4-10-20-2/h11-12H,3-10,15H2,1-2H3,(H,16,18). The van der Waals surface area contributed by atoms with Crippen LogP contribution in [-0.2, 0) is 14.3 Å². The monoisotopic (exact) mass is 285 g/mol. The van der Waals surface area contributed by atoms with Gasteiger partial charge in [0.2, 0.25) is 11.8 Å². The van der Waals surface area contributed by atoms with Gasteiger partial charge in [-0.05, 0) is 32.6 Å². The molecule has 0 aromatic rings. The van der Waals surface area contributed by atoms with E-state index < -0.39 is 6.04 Å². The topological polar surface area (TPSA) is 84.7 Å². The zero-order chi connectivity index (χ0) is 15.0. The molecule has 116 valence electrons. The maximum Gasteiger partial charge on any atom is 0.239 e. The summed E-state index contributed by atoms with van der Waals surface area (Å²) in [7, 11) is 1.64. The molecule has 0 saturated carbocycles. The number of amides is 2. The highest BCUT2D eigenvalue weighted by Gasteiger charge is 2.28. The number of ether oxygens (including phenoxy) is 1. The summed E-state index contributed by atoms with van der Waals surface area (Å²) < 4.78 is 4.96. The summed E-state index contributed by atoms with van der Waals surface area (Å²) in [4.78, 5) is 25.7. The van der Waals surface area contributed by atoms with E-state index in [1.54, 1.807) is 12.0 Å². The first-order valence-corrected chi connectivity index (χ1v) is 7.41. The summed E-state index contributed by atoms with van der Waals surface area (Å²) in [5, 5.41) is 2.84. The van der Waals surface area contributed by atoms with E-state index >= 15 is 0 Å². The molecule has 0 spiro atoms. The van der Waals surface area contributed by atoms with Gasteiger partial charge in [0, 0.05) is 39.3 Å². The fraction of sp³-hybridized carbons (Fsp3) is 0.857. The highest BCUT2D eigenvalue weighted by atomic mass is 16.5. The average molecular weight is 285 g/mol. The van der Waals surface area contributed by atoms with Crippen LogP contribution in [0.25, 0.3) is 0 Å². The van der Waals surface area contributed by atoms with Gasteiger partial charge in [-0.2, -0.15) is 0 Å². The molecular formula is C14H27N3O3. The van der Waals surface area contributed by atoms with Crippen molar-refractivity contribution in [3.05, 3.63) is 0 Å². The van der Waals surface area contributed by atoms with Crippen LogP contribution in [0.1, 0.15) is 32.6 Å². The Morgan fingerprint density at radius 2 is 2.05 bits per heavy atom. The van der Waals surface area contributed by atoms with Crippen LogP contribution in [0.3, 0.4) is 0 Å². The second-order valence-electron chi connectivity index (χ2n) is 5.24. The van der Waals surface area contributed by atoms with Gasteiger partial charge in [-0.15, -0.1) is 0 Å². The van der Waals surface area contributed by atoms with E-state index in [9.17, 15) is 9.59 Å². The van der Waals surface area contributed by atoms with Gasteiger partial charge >= 0.3 is 0 Å². The summed E-state index contributed by atoms with van der Waals surface area (Å²) in [6.07, 6.45) is 2.88. The molecule has 1 saturated heterocycles. The first-order chi connectivity index (χ1) is 9.60. The van der Waals surface area contributed by atoms with Crippen molar-refractivity contribution in [2.24, 2.45) is 11.7 Å². The van der Waals surface area contributed by atoms with Gasteiger partial charge in [0.05, 0.1) is 6.04 Å². The van der Waals surface area contributed by atoms with Crippen molar-refractivity contribution in [2.75, 3.05) is 33.4 Å². The fourth-order valence-corrected chi connectivity index (χ4v) is 2.49. The largest absolute Gasteiger partial charge is 0.385 e. The molecule has 2 amide bonds. The van der Waals surface area contributed by atoms with Gasteiger partial charge in [-0.1, -0.05) is 0 Å². The van der Waals surface area contributed by atoms with Crippen molar-refractivity contribution < 1.29 is 14.3 Å². The van der Waals surface area contributed by atoms with Crippen molar-refractivity contribution in [1.82, 2.24) is 10.2 Å². The maximum atomic E-state index is 12.2. The Kier molecular flexibility index (Phi) is 7.54. The average Bonchev–Trinajstić information content (AvgIpc) is 2.47. The first kappa shape index (κ1) is 16.9. The van der Waals surface area contributed by atoms with Gasteiger partial charge in [0.25, 0.3) is 0 Å².